The van der Waals surface area contributed by atoms with Crippen LogP contribution in [0.5, 0.6) is 0 Å². The average molecular weight is 339 g/mol. The van der Waals surface area contributed by atoms with E-state index in [1.54, 1.807) is 10.9 Å². The fourth-order valence-corrected chi connectivity index (χ4v) is 1.40. The molecular formula is C6H6Cl3IN2. The Morgan fingerprint density at radius 2 is 2.17 bits per heavy atom. The SMILES string of the molecule is ClC(Cl)(Cl)CCn1cc(I)cn1. The Labute approximate surface area is 99.3 Å². The van der Waals surface area contributed by atoms with Gasteiger partial charge >= 0.3 is 0 Å². The van der Waals surface area contributed by atoms with Crippen molar-refractivity contribution in [2.24, 2.45) is 0 Å². The largest absolute Gasteiger partial charge is 0.272 e. The second-order valence-corrected chi connectivity index (χ2v) is 6.05. The molecule has 0 fully saturated rings. The predicted molar refractivity (Wildman–Crippen MR) is 59.9 cm³/mol. The highest BCUT2D eigenvalue weighted by molar-refractivity contribution is 14.1. The Morgan fingerprint density at radius 3 is 2.58 bits per heavy atom. The molecule has 0 aromatic carbocycles. The van der Waals surface area contributed by atoms with E-state index in [0.717, 1.165) is 3.57 Å². The number of aryl methyl sites for hydroxylation is 1. The molecule has 1 heterocycles. The van der Waals surface area contributed by atoms with Gasteiger partial charge in [-0.1, -0.05) is 34.8 Å². The van der Waals surface area contributed by atoms with Gasteiger partial charge in [0.15, 0.2) is 3.79 Å². The number of hydrogen-bond donors (Lipinski definition) is 0. The first-order valence-corrected chi connectivity index (χ1v) is 5.43. The minimum Gasteiger partial charge on any atom is -0.272 e. The molecule has 0 unspecified atom stereocenters. The van der Waals surface area contributed by atoms with Crippen LogP contribution in [0.3, 0.4) is 0 Å². The highest BCUT2D eigenvalue weighted by Crippen LogP contribution is 2.30. The van der Waals surface area contributed by atoms with Crippen LogP contribution in [0.4, 0.5) is 0 Å². The summed E-state index contributed by atoms with van der Waals surface area (Å²) in [4.78, 5) is 0. The molecule has 6 heteroatoms. The molecule has 68 valence electrons. The molecule has 0 spiro atoms. The summed E-state index contributed by atoms with van der Waals surface area (Å²) < 4.78 is 1.65. The van der Waals surface area contributed by atoms with E-state index in [-0.39, 0.29) is 0 Å². The molecule has 0 saturated carbocycles. The van der Waals surface area contributed by atoms with Gasteiger partial charge in [0.05, 0.1) is 9.77 Å². The zero-order valence-electron chi connectivity index (χ0n) is 5.98. The Morgan fingerprint density at radius 1 is 1.50 bits per heavy atom. The first-order valence-electron chi connectivity index (χ1n) is 3.22. The molecule has 0 radical (unpaired) electrons. The third-order valence-corrected chi connectivity index (χ3v) is 2.35. The second kappa shape index (κ2) is 4.35. The predicted octanol–water partition coefficient (Wildman–Crippen LogP) is 3.25. The van der Waals surface area contributed by atoms with Crippen molar-refractivity contribution >= 4 is 57.4 Å². The van der Waals surface area contributed by atoms with Crippen molar-refractivity contribution in [2.45, 2.75) is 16.8 Å². The summed E-state index contributed by atoms with van der Waals surface area (Å²) >= 11 is 18.9. The van der Waals surface area contributed by atoms with Gasteiger partial charge in [-0.25, -0.2) is 0 Å². The minimum atomic E-state index is -1.18. The minimum absolute atomic E-state index is 0.468. The second-order valence-electron chi connectivity index (χ2n) is 2.29. The highest BCUT2D eigenvalue weighted by atomic mass is 127. The lowest BCUT2D eigenvalue weighted by Crippen LogP contribution is -2.08. The van der Waals surface area contributed by atoms with Crippen molar-refractivity contribution in [3.63, 3.8) is 0 Å². The molecule has 1 aromatic rings. The normalized spacial score (nSPS) is 12.0. The third kappa shape index (κ3) is 4.16. The van der Waals surface area contributed by atoms with Gasteiger partial charge in [-0.05, 0) is 22.6 Å². The molecule has 0 atom stereocenters. The lowest BCUT2D eigenvalue weighted by atomic mass is 10.5. The van der Waals surface area contributed by atoms with E-state index < -0.39 is 3.79 Å². The van der Waals surface area contributed by atoms with E-state index in [1.807, 2.05) is 6.20 Å². The van der Waals surface area contributed by atoms with E-state index in [0.29, 0.717) is 13.0 Å². The first kappa shape index (κ1) is 10.9. The van der Waals surface area contributed by atoms with Crippen LogP contribution in [0, 0.1) is 3.57 Å². The van der Waals surface area contributed by atoms with Gasteiger partial charge in [-0.2, -0.15) is 5.10 Å². The van der Waals surface area contributed by atoms with Crippen molar-refractivity contribution in [1.82, 2.24) is 9.78 Å². The van der Waals surface area contributed by atoms with Gasteiger partial charge in [0.1, 0.15) is 0 Å². The van der Waals surface area contributed by atoms with Gasteiger partial charge in [0, 0.05) is 19.2 Å². The summed E-state index contributed by atoms with van der Waals surface area (Å²) in [5, 5.41) is 4.05. The molecule has 1 aromatic heterocycles. The Hall–Kier alpha value is 0.810. The molecule has 0 aliphatic rings. The van der Waals surface area contributed by atoms with Crippen LogP contribution in [0.15, 0.2) is 12.4 Å². The summed E-state index contributed by atoms with van der Waals surface area (Å²) in [6, 6.07) is 0. The van der Waals surface area contributed by atoms with Crippen molar-refractivity contribution in [2.75, 3.05) is 0 Å². The van der Waals surface area contributed by atoms with Crippen LogP contribution in [0.25, 0.3) is 0 Å². The molecule has 0 N–H and O–H groups in total. The van der Waals surface area contributed by atoms with E-state index >= 15 is 0 Å². The summed E-state index contributed by atoms with van der Waals surface area (Å²) in [5.41, 5.74) is 0. The highest BCUT2D eigenvalue weighted by Gasteiger charge is 2.18. The summed E-state index contributed by atoms with van der Waals surface area (Å²) in [6.45, 7) is 0.625. The van der Waals surface area contributed by atoms with Gasteiger partial charge in [0.25, 0.3) is 0 Å². The van der Waals surface area contributed by atoms with Gasteiger partial charge in [0.2, 0.25) is 0 Å². The van der Waals surface area contributed by atoms with Gasteiger partial charge < -0.3 is 0 Å². The van der Waals surface area contributed by atoms with Gasteiger partial charge in [-0.15, -0.1) is 0 Å². The van der Waals surface area contributed by atoms with Crippen LogP contribution < -0.4 is 0 Å². The molecule has 0 saturated heterocycles. The lowest BCUT2D eigenvalue weighted by molar-refractivity contribution is 0.585. The maximum Gasteiger partial charge on any atom is 0.192 e. The molecule has 1 rings (SSSR count). The maximum atomic E-state index is 5.58. The van der Waals surface area contributed by atoms with Crippen LogP contribution in [-0.2, 0) is 6.54 Å². The standard InChI is InChI=1S/C6H6Cl3IN2/c7-6(8,9)1-2-12-4-5(10)3-11-12/h3-4H,1-2H2. The number of rotatable bonds is 2. The molecule has 0 amide bonds. The fourth-order valence-electron chi connectivity index (χ4n) is 0.702. The first-order chi connectivity index (χ1) is 5.47. The van der Waals surface area contributed by atoms with Gasteiger partial charge in [-0.3, -0.25) is 4.68 Å². The van der Waals surface area contributed by atoms with E-state index in [1.165, 1.54) is 0 Å². The Balaban J connectivity index is 2.44. The van der Waals surface area contributed by atoms with Crippen molar-refractivity contribution in [3.05, 3.63) is 16.0 Å². The van der Waals surface area contributed by atoms with E-state index in [9.17, 15) is 0 Å². The smallest absolute Gasteiger partial charge is 0.192 e. The monoisotopic (exact) mass is 338 g/mol. The summed E-state index contributed by atoms with van der Waals surface area (Å²) in [6.07, 6.45) is 4.13. The third-order valence-electron chi connectivity index (χ3n) is 1.23. The van der Waals surface area contributed by atoms with Crippen LogP contribution in [0.2, 0.25) is 0 Å². The van der Waals surface area contributed by atoms with Crippen LogP contribution in [-0.4, -0.2) is 13.6 Å². The zero-order valence-corrected chi connectivity index (χ0v) is 10.4. The molecular weight excluding hydrogens is 333 g/mol. The number of hydrogen-bond acceptors (Lipinski definition) is 1. The molecule has 0 aliphatic heterocycles. The van der Waals surface area contributed by atoms with Crippen molar-refractivity contribution in [1.29, 1.82) is 0 Å². The summed E-state index contributed by atoms with van der Waals surface area (Å²) in [5.74, 6) is 0. The van der Waals surface area contributed by atoms with E-state index in [4.69, 9.17) is 34.8 Å². The molecule has 0 bridgehead atoms. The Kier molecular flexibility index (Phi) is 3.95. The molecule has 2 nitrogen and oxygen atoms in total. The number of nitrogens with zero attached hydrogens (tertiary/aromatic N) is 2. The lowest BCUT2D eigenvalue weighted by Gasteiger charge is -2.09. The number of alkyl halides is 3. The fraction of sp³-hybridized carbons (Fsp3) is 0.500. The molecule has 12 heavy (non-hydrogen) atoms. The maximum absolute atomic E-state index is 5.58. The van der Waals surface area contributed by atoms with E-state index in [2.05, 4.69) is 27.7 Å². The number of halogens is 4. The topological polar surface area (TPSA) is 17.8 Å². The van der Waals surface area contributed by atoms with Crippen LogP contribution >= 0.6 is 57.4 Å². The molecule has 0 aliphatic carbocycles. The quantitative estimate of drug-likeness (QED) is 0.597. The zero-order chi connectivity index (χ0) is 9.19. The Bertz CT molecular complexity index is 256. The summed E-state index contributed by atoms with van der Waals surface area (Å²) in [7, 11) is 0. The van der Waals surface area contributed by atoms with Crippen LogP contribution in [0.1, 0.15) is 6.42 Å². The van der Waals surface area contributed by atoms with Crippen molar-refractivity contribution < 1.29 is 0 Å². The average Bonchev–Trinajstić information content (AvgIpc) is 2.30. The number of aromatic nitrogens is 2. The van der Waals surface area contributed by atoms with Crippen molar-refractivity contribution in [3.8, 4) is 0 Å².